The standard InChI is InChI=1S/C8H13NOS2/c1-10-6-7-11-12-8-4-2-3-5-9-8/h4-5H,2-3,6-7H2,1H3. The quantitative estimate of drug-likeness (QED) is 0.506. The third-order valence-corrected chi connectivity index (χ3v) is 3.61. The van der Waals surface area contributed by atoms with Gasteiger partial charge in [-0.15, -0.1) is 0 Å². The summed E-state index contributed by atoms with van der Waals surface area (Å²) in [5.41, 5.74) is 0. The average Bonchev–Trinajstić information content (AvgIpc) is 2.14. The van der Waals surface area contributed by atoms with Crippen LogP contribution in [0.3, 0.4) is 0 Å². The summed E-state index contributed by atoms with van der Waals surface area (Å²) < 4.78 is 4.94. The number of allylic oxidation sites excluding steroid dienone is 1. The lowest BCUT2D eigenvalue weighted by Crippen LogP contribution is -1.89. The van der Waals surface area contributed by atoms with Crippen LogP contribution in [0.1, 0.15) is 12.8 Å². The van der Waals surface area contributed by atoms with Crippen LogP contribution in [0.15, 0.2) is 16.1 Å². The van der Waals surface area contributed by atoms with E-state index in [1.54, 1.807) is 28.7 Å². The molecule has 2 nitrogen and oxygen atoms in total. The summed E-state index contributed by atoms with van der Waals surface area (Å²) in [5.74, 6) is 1.02. The van der Waals surface area contributed by atoms with Crippen LogP contribution in [0.4, 0.5) is 0 Å². The van der Waals surface area contributed by atoms with Crippen molar-refractivity contribution in [3.05, 3.63) is 11.1 Å². The van der Waals surface area contributed by atoms with Gasteiger partial charge in [0.1, 0.15) is 5.03 Å². The molecule has 0 aromatic carbocycles. The van der Waals surface area contributed by atoms with Crippen molar-refractivity contribution >= 4 is 27.8 Å². The van der Waals surface area contributed by atoms with Crippen LogP contribution < -0.4 is 0 Å². The van der Waals surface area contributed by atoms with E-state index in [1.807, 2.05) is 6.21 Å². The molecule has 0 saturated carbocycles. The average molecular weight is 203 g/mol. The molecule has 0 atom stereocenters. The van der Waals surface area contributed by atoms with Gasteiger partial charge in [-0.25, -0.2) is 0 Å². The van der Waals surface area contributed by atoms with E-state index >= 15 is 0 Å². The van der Waals surface area contributed by atoms with Crippen molar-refractivity contribution in [2.45, 2.75) is 12.8 Å². The van der Waals surface area contributed by atoms with E-state index in [4.69, 9.17) is 4.74 Å². The summed E-state index contributed by atoms with van der Waals surface area (Å²) in [5, 5.41) is 1.14. The Labute approximate surface area is 81.3 Å². The molecule has 0 N–H and O–H groups in total. The van der Waals surface area contributed by atoms with Gasteiger partial charge in [0.05, 0.1) is 6.61 Å². The van der Waals surface area contributed by atoms with Gasteiger partial charge in [-0.05, 0) is 23.6 Å². The number of hydrogen-bond donors (Lipinski definition) is 0. The summed E-state index contributed by atoms with van der Waals surface area (Å²) in [6.45, 7) is 0.814. The van der Waals surface area contributed by atoms with Gasteiger partial charge < -0.3 is 4.74 Å². The molecule has 0 unspecified atom stereocenters. The first kappa shape index (κ1) is 10.2. The molecule has 1 heterocycles. The van der Waals surface area contributed by atoms with E-state index in [9.17, 15) is 0 Å². The molecule has 68 valence electrons. The molecule has 4 heteroatoms. The first-order chi connectivity index (χ1) is 5.93. The SMILES string of the molecule is COCCSSC1=CCCC=N1. The maximum Gasteiger partial charge on any atom is 0.102 e. The molecular formula is C8H13NOS2. The minimum atomic E-state index is 0.814. The number of rotatable bonds is 5. The third-order valence-electron chi connectivity index (χ3n) is 1.35. The van der Waals surface area contributed by atoms with E-state index in [1.165, 1.54) is 0 Å². The minimum absolute atomic E-state index is 0.814. The lowest BCUT2D eigenvalue weighted by molar-refractivity contribution is 0.219. The van der Waals surface area contributed by atoms with Gasteiger partial charge in [0, 0.05) is 19.1 Å². The summed E-state index contributed by atoms with van der Waals surface area (Å²) in [6.07, 6.45) is 6.40. The molecule has 0 amide bonds. The second kappa shape index (κ2) is 6.57. The Kier molecular flexibility index (Phi) is 5.56. The molecule has 0 fully saturated rings. The molecule has 1 rings (SSSR count). The van der Waals surface area contributed by atoms with E-state index in [0.29, 0.717) is 0 Å². The van der Waals surface area contributed by atoms with Crippen LogP contribution in [0.2, 0.25) is 0 Å². The molecule has 1 aliphatic heterocycles. The van der Waals surface area contributed by atoms with Gasteiger partial charge in [0.25, 0.3) is 0 Å². The Morgan fingerprint density at radius 1 is 1.58 bits per heavy atom. The molecule has 0 aliphatic carbocycles. The van der Waals surface area contributed by atoms with E-state index in [0.717, 1.165) is 30.2 Å². The monoisotopic (exact) mass is 203 g/mol. The van der Waals surface area contributed by atoms with Crippen molar-refractivity contribution in [3.8, 4) is 0 Å². The Morgan fingerprint density at radius 3 is 3.17 bits per heavy atom. The Balaban J connectivity index is 2.06. The zero-order chi connectivity index (χ0) is 8.65. The summed E-state index contributed by atoms with van der Waals surface area (Å²) in [4.78, 5) is 4.26. The topological polar surface area (TPSA) is 21.6 Å². The normalized spacial score (nSPS) is 16.2. The van der Waals surface area contributed by atoms with Crippen LogP contribution in [0.25, 0.3) is 0 Å². The molecule has 0 spiro atoms. The van der Waals surface area contributed by atoms with Gasteiger partial charge >= 0.3 is 0 Å². The maximum atomic E-state index is 4.94. The number of nitrogens with zero attached hydrogens (tertiary/aromatic N) is 1. The molecule has 0 saturated heterocycles. The molecule has 0 aromatic rings. The maximum absolute atomic E-state index is 4.94. The molecule has 0 bridgehead atoms. The number of methoxy groups -OCH3 is 1. The number of ether oxygens (including phenoxy) is 1. The fraction of sp³-hybridized carbons (Fsp3) is 0.625. The highest BCUT2D eigenvalue weighted by molar-refractivity contribution is 8.78. The number of hydrogen-bond acceptors (Lipinski definition) is 4. The Bertz CT molecular complexity index is 180. The van der Waals surface area contributed by atoms with Crippen LogP contribution >= 0.6 is 21.6 Å². The van der Waals surface area contributed by atoms with Crippen LogP contribution in [0.5, 0.6) is 0 Å². The van der Waals surface area contributed by atoms with Crippen molar-refractivity contribution in [3.63, 3.8) is 0 Å². The molecule has 12 heavy (non-hydrogen) atoms. The highest BCUT2D eigenvalue weighted by atomic mass is 33.1. The van der Waals surface area contributed by atoms with Crippen LogP contribution in [-0.4, -0.2) is 25.7 Å². The van der Waals surface area contributed by atoms with E-state index < -0.39 is 0 Å². The molecule has 0 aromatic heterocycles. The van der Waals surface area contributed by atoms with Crippen molar-refractivity contribution < 1.29 is 4.74 Å². The second-order valence-corrected chi connectivity index (χ2v) is 4.77. The second-order valence-electron chi connectivity index (χ2n) is 2.33. The smallest absolute Gasteiger partial charge is 0.102 e. The highest BCUT2D eigenvalue weighted by Gasteiger charge is 1.99. The van der Waals surface area contributed by atoms with Gasteiger partial charge in [0.15, 0.2) is 0 Å². The van der Waals surface area contributed by atoms with Crippen LogP contribution in [0, 0.1) is 0 Å². The summed E-state index contributed by atoms with van der Waals surface area (Å²) >= 11 is 0. The Morgan fingerprint density at radius 2 is 2.50 bits per heavy atom. The first-order valence-corrected chi connectivity index (χ1v) is 6.26. The van der Waals surface area contributed by atoms with Crippen molar-refractivity contribution in [2.75, 3.05) is 19.5 Å². The molecular weight excluding hydrogens is 190 g/mol. The first-order valence-electron chi connectivity index (χ1n) is 3.94. The minimum Gasteiger partial charge on any atom is -0.384 e. The van der Waals surface area contributed by atoms with E-state index in [2.05, 4.69) is 11.1 Å². The molecule has 0 radical (unpaired) electrons. The van der Waals surface area contributed by atoms with Crippen molar-refractivity contribution in [1.82, 2.24) is 0 Å². The largest absolute Gasteiger partial charge is 0.384 e. The predicted molar refractivity (Wildman–Crippen MR) is 57.7 cm³/mol. The van der Waals surface area contributed by atoms with Crippen LogP contribution in [-0.2, 0) is 4.74 Å². The lowest BCUT2D eigenvalue weighted by atomic mass is 10.3. The summed E-state index contributed by atoms with van der Waals surface area (Å²) in [7, 11) is 5.26. The zero-order valence-electron chi connectivity index (χ0n) is 7.16. The zero-order valence-corrected chi connectivity index (χ0v) is 8.79. The Hall–Kier alpha value is 0.0700. The molecule has 1 aliphatic rings. The lowest BCUT2D eigenvalue weighted by Gasteiger charge is -2.04. The highest BCUT2D eigenvalue weighted by Crippen LogP contribution is 2.31. The fourth-order valence-corrected chi connectivity index (χ4v) is 2.66. The predicted octanol–water partition coefficient (Wildman–Crippen LogP) is 2.72. The van der Waals surface area contributed by atoms with Gasteiger partial charge in [-0.1, -0.05) is 16.9 Å². The third kappa shape index (κ3) is 4.18. The van der Waals surface area contributed by atoms with Gasteiger partial charge in [-0.2, -0.15) is 0 Å². The van der Waals surface area contributed by atoms with Gasteiger partial charge in [-0.3, -0.25) is 4.99 Å². The van der Waals surface area contributed by atoms with E-state index in [-0.39, 0.29) is 0 Å². The fourth-order valence-electron chi connectivity index (χ4n) is 0.764. The van der Waals surface area contributed by atoms with Gasteiger partial charge in [0.2, 0.25) is 0 Å². The van der Waals surface area contributed by atoms with Crippen molar-refractivity contribution in [1.29, 1.82) is 0 Å². The number of aliphatic imine (C=N–C) groups is 1. The summed E-state index contributed by atoms with van der Waals surface area (Å²) in [6, 6.07) is 0. The van der Waals surface area contributed by atoms with Crippen molar-refractivity contribution in [2.24, 2.45) is 4.99 Å².